The van der Waals surface area contributed by atoms with Crippen LogP contribution in [0.4, 0.5) is 43.9 Å². The van der Waals surface area contributed by atoms with Crippen molar-refractivity contribution >= 4 is 0 Å². The van der Waals surface area contributed by atoms with E-state index in [1.165, 1.54) is 30.3 Å². The first kappa shape index (κ1) is 36.1. The normalized spacial score (nSPS) is 11.4. The summed E-state index contributed by atoms with van der Waals surface area (Å²) in [6.07, 6.45) is -2.09. The lowest BCUT2D eigenvalue weighted by molar-refractivity contribution is -0.189. The summed E-state index contributed by atoms with van der Waals surface area (Å²) in [5, 5.41) is 0. The van der Waals surface area contributed by atoms with Gasteiger partial charge in [-0.15, -0.1) is 0 Å². The van der Waals surface area contributed by atoms with Crippen molar-refractivity contribution in [2.75, 3.05) is 0 Å². The van der Waals surface area contributed by atoms with Crippen LogP contribution >= 0.6 is 0 Å². The molecular weight excluding hydrogens is 674 g/mol. The minimum Gasteiger partial charge on any atom is -0.429 e. The third kappa shape index (κ3) is 7.80. The fraction of sp³-hybridized carbons (Fsp3) is 0.179. The molecule has 0 bridgehead atoms. The summed E-state index contributed by atoms with van der Waals surface area (Å²) in [4.78, 5) is 0. The van der Waals surface area contributed by atoms with Crippen molar-refractivity contribution in [1.82, 2.24) is 0 Å². The summed E-state index contributed by atoms with van der Waals surface area (Å²) in [6, 6.07) is 11.5. The molecule has 11 heteroatoms. The second kappa shape index (κ2) is 14.7. The van der Waals surface area contributed by atoms with Gasteiger partial charge in [0.1, 0.15) is 40.4 Å². The maximum atomic E-state index is 15.1. The molecule has 50 heavy (non-hydrogen) atoms. The van der Waals surface area contributed by atoms with Crippen LogP contribution in [0.2, 0.25) is 0 Å². The molecule has 0 aromatic heterocycles. The first-order valence-corrected chi connectivity index (χ1v) is 15.3. The van der Waals surface area contributed by atoms with Gasteiger partial charge in [-0.25, -0.2) is 35.1 Å². The molecule has 0 radical (unpaired) electrons. The van der Waals surface area contributed by atoms with E-state index in [2.05, 4.69) is 16.6 Å². The van der Waals surface area contributed by atoms with Gasteiger partial charge in [0.05, 0.1) is 5.56 Å². The second-order valence-corrected chi connectivity index (χ2v) is 11.5. The van der Waals surface area contributed by atoms with Crippen LogP contribution in [-0.2, 0) is 12.5 Å². The largest absolute Gasteiger partial charge is 0.432 e. The molecule has 5 rings (SSSR count). The van der Waals surface area contributed by atoms with Gasteiger partial charge < -0.3 is 4.74 Å². The Hall–Kier alpha value is -5.24. The Bertz CT molecular complexity index is 2060. The van der Waals surface area contributed by atoms with Gasteiger partial charge in [-0.2, -0.15) is 8.78 Å². The number of unbranched alkanes of at least 4 members (excludes halogenated alkanes) is 2. The zero-order valence-electron chi connectivity index (χ0n) is 26.4. The van der Waals surface area contributed by atoms with E-state index >= 15 is 8.78 Å². The summed E-state index contributed by atoms with van der Waals surface area (Å²) in [5.41, 5.74) is -1.53. The highest BCUT2D eigenvalue weighted by Gasteiger charge is 2.41. The Labute approximate surface area is 281 Å². The van der Waals surface area contributed by atoms with Crippen LogP contribution in [0, 0.1) is 65.3 Å². The highest BCUT2D eigenvalue weighted by molar-refractivity contribution is 5.68. The maximum absolute atomic E-state index is 15.1. The van der Waals surface area contributed by atoms with E-state index in [-0.39, 0.29) is 34.2 Å². The number of alkyl halides is 2. The number of ether oxygens (including phenoxy) is 1. The van der Waals surface area contributed by atoms with Crippen LogP contribution in [-0.4, -0.2) is 0 Å². The van der Waals surface area contributed by atoms with E-state index in [4.69, 9.17) is 0 Å². The van der Waals surface area contributed by atoms with Crippen molar-refractivity contribution in [3.05, 3.63) is 147 Å². The van der Waals surface area contributed by atoms with E-state index < -0.39 is 69.5 Å². The van der Waals surface area contributed by atoms with E-state index in [1.807, 2.05) is 6.92 Å². The van der Waals surface area contributed by atoms with Crippen LogP contribution in [0.1, 0.15) is 54.0 Å². The number of hydrogen-bond donors (Lipinski definition) is 0. The van der Waals surface area contributed by atoms with Crippen molar-refractivity contribution < 1.29 is 48.6 Å². The SMILES string of the molecule is CCCCCc1cc(F)c(C(F)(F)Oc2cc(F)c(-c3ccc(C#Cc4cc(F)c(-c5cc(F)c(F)c(F)c5)cc4C)cc3)c(F)c2)c(F)c1. The lowest BCUT2D eigenvalue weighted by Crippen LogP contribution is -2.25. The minimum absolute atomic E-state index is 0.00930. The molecule has 0 atom stereocenters. The Balaban J connectivity index is 1.34. The molecule has 0 aliphatic rings. The van der Waals surface area contributed by atoms with Crippen LogP contribution < -0.4 is 4.74 Å². The number of aryl methyl sites for hydroxylation is 2. The molecule has 0 N–H and O–H groups in total. The summed E-state index contributed by atoms with van der Waals surface area (Å²) in [6.45, 7) is 3.50. The topological polar surface area (TPSA) is 9.23 Å². The fourth-order valence-electron chi connectivity index (χ4n) is 5.32. The number of rotatable bonds is 9. The lowest BCUT2D eigenvalue weighted by atomic mass is 9.98. The number of halogens is 10. The van der Waals surface area contributed by atoms with Gasteiger partial charge in [0.2, 0.25) is 0 Å². The molecule has 0 unspecified atom stereocenters. The molecular formula is C39H26F10O. The molecule has 0 heterocycles. The van der Waals surface area contributed by atoms with Gasteiger partial charge in [0, 0.05) is 28.8 Å². The van der Waals surface area contributed by atoms with Crippen molar-refractivity contribution in [3.8, 4) is 39.8 Å². The standard InChI is InChI=1S/C39H26F10O/c1-3-4-5-6-23-14-32(43)37(33(44)15-23)39(48,49)50-27-19-30(41)36(31(42)20-27)24-10-7-22(8-11-24)9-12-25-16-29(40)28(13-21(25)2)26-17-34(45)38(47)35(46)18-26/h7-8,10-11,13-20H,3-6H2,1-2H3. The van der Waals surface area contributed by atoms with Crippen molar-refractivity contribution in [2.45, 2.75) is 45.6 Å². The molecule has 5 aromatic rings. The van der Waals surface area contributed by atoms with Gasteiger partial charge >= 0.3 is 6.11 Å². The van der Waals surface area contributed by atoms with Gasteiger partial charge in [-0.05, 0) is 90.6 Å². The maximum Gasteiger partial charge on any atom is 0.432 e. The molecule has 0 saturated carbocycles. The highest BCUT2D eigenvalue weighted by Crippen LogP contribution is 2.38. The fourth-order valence-corrected chi connectivity index (χ4v) is 5.32. The summed E-state index contributed by atoms with van der Waals surface area (Å²) < 4.78 is 149. The van der Waals surface area contributed by atoms with Crippen LogP contribution in [0.5, 0.6) is 5.75 Å². The van der Waals surface area contributed by atoms with E-state index in [0.29, 0.717) is 41.8 Å². The highest BCUT2D eigenvalue weighted by atomic mass is 19.3. The van der Waals surface area contributed by atoms with Crippen molar-refractivity contribution in [1.29, 1.82) is 0 Å². The van der Waals surface area contributed by atoms with Crippen LogP contribution in [0.15, 0.2) is 72.8 Å². The lowest BCUT2D eigenvalue weighted by Gasteiger charge is -2.20. The molecule has 1 nitrogen and oxygen atoms in total. The zero-order valence-corrected chi connectivity index (χ0v) is 26.4. The van der Waals surface area contributed by atoms with Crippen LogP contribution in [0.3, 0.4) is 0 Å². The summed E-state index contributed by atoms with van der Waals surface area (Å²) >= 11 is 0. The predicted octanol–water partition coefficient (Wildman–Crippen LogP) is 11.7. The molecule has 5 aromatic carbocycles. The molecule has 0 spiro atoms. The number of hydrogen-bond acceptors (Lipinski definition) is 1. The van der Waals surface area contributed by atoms with Crippen molar-refractivity contribution in [2.24, 2.45) is 0 Å². The van der Waals surface area contributed by atoms with E-state index in [0.717, 1.165) is 31.0 Å². The van der Waals surface area contributed by atoms with E-state index in [1.54, 1.807) is 6.92 Å². The Morgan fingerprint density at radius 3 is 1.80 bits per heavy atom. The molecule has 0 aliphatic carbocycles. The minimum atomic E-state index is -4.60. The Morgan fingerprint density at radius 1 is 0.620 bits per heavy atom. The Morgan fingerprint density at radius 2 is 1.22 bits per heavy atom. The number of benzene rings is 5. The molecule has 0 saturated heterocycles. The average molecular weight is 701 g/mol. The van der Waals surface area contributed by atoms with Crippen molar-refractivity contribution in [3.63, 3.8) is 0 Å². The predicted molar refractivity (Wildman–Crippen MR) is 168 cm³/mol. The molecule has 0 aliphatic heterocycles. The first-order chi connectivity index (χ1) is 23.7. The third-order valence-electron chi connectivity index (χ3n) is 7.85. The first-order valence-electron chi connectivity index (χ1n) is 15.3. The molecule has 258 valence electrons. The van der Waals surface area contributed by atoms with Crippen LogP contribution in [0.25, 0.3) is 22.3 Å². The summed E-state index contributed by atoms with van der Waals surface area (Å²) in [5.74, 6) is -6.72. The Kier molecular flexibility index (Phi) is 10.6. The van der Waals surface area contributed by atoms with Gasteiger partial charge in [0.15, 0.2) is 17.5 Å². The molecule has 0 fully saturated rings. The molecule has 0 amide bonds. The third-order valence-corrected chi connectivity index (χ3v) is 7.85. The zero-order chi connectivity index (χ0) is 36.3. The van der Waals surface area contributed by atoms with Gasteiger partial charge in [-0.3, -0.25) is 0 Å². The quantitative estimate of drug-likeness (QED) is 0.0644. The summed E-state index contributed by atoms with van der Waals surface area (Å²) in [7, 11) is 0. The van der Waals surface area contributed by atoms with E-state index in [9.17, 15) is 35.1 Å². The average Bonchev–Trinajstić information content (AvgIpc) is 3.03. The monoisotopic (exact) mass is 700 g/mol. The van der Waals surface area contributed by atoms with Gasteiger partial charge in [0.25, 0.3) is 0 Å². The second-order valence-electron chi connectivity index (χ2n) is 11.5. The smallest absolute Gasteiger partial charge is 0.429 e. The van der Waals surface area contributed by atoms with Gasteiger partial charge in [-0.1, -0.05) is 43.7 Å².